The van der Waals surface area contributed by atoms with Gasteiger partial charge < -0.3 is 9.47 Å². The zero-order valence-corrected chi connectivity index (χ0v) is 31.2. The molecule has 0 radical (unpaired) electrons. The lowest BCUT2D eigenvalue weighted by Crippen LogP contribution is -2.60. The van der Waals surface area contributed by atoms with Gasteiger partial charge in [-0.15, -0.1) is 11.3 Å². The monoisotopic (exact) mass is 676 g/mol. The van der Waals surface area contributed by atoms with Crippen molar-refractivity contribution in [3.8, 4) is 16.8 Å². The van der Waals surface area contributed by atoms with E-state index in [1.807, 2.05) is 11.3 Å². The van der Waals surface area contributed by atoms with Gasteiger partial charge in [0, 0.05) is 38.1 Å². The minimum atomic E-state index is 0.00376. The summed E-state index contributed by atoms with van der Waals surface area (Å²) in [6, 6.07) is 46.4. The van der Waals surface area contributed by atoms with E-state index >= 15 is 0 Å². The lowest BCUT2D eigenvalue weighted by molar-refractivity contribution is 0.590. The Morgan fingerprint density at radius 3 is 2.02 bits per heavy atom. The number of anilines is 3. The van der Waals surface area contributed by atoms with Crippen molar-refractivity contribution in [1.29, 1.82) is 0 Å². The first-order chi connectivity index (χ1) is 24.5. The molecule has 0 fully saturated rings. The molecule has 10 rings (SSSR count). The van der Waals surface area contributed by atoms with Gasteiger partial charge in [0.05, 0.1) is 21.4 Å². The van der Waals surface area contributed by atoms with Crippen LogP contribution >= 0.6 is 11.3 Å². The summed E-state index contributed by atoms with van der Waals surface area (Å²) < 4.78 is 5.34. The molecular weight excluding hydrogens is 635 g/mol. The summed E-state index contributed by atoms with van der Waals surface area (Å²) >= 11 is 1.93. The summed E-state index contributed by atoms with van der Waals surface area (Å²) in [5.74, 6) is 0. The lowest BCUT2D eigenvalue weighted by atomic mass is 9.33. The van der Waals surface area contributed by atoms with Crippen molar-refractivity contribution in [2.75, 3.05) is 4.90 Å². The molecular formula is C47H41BN2S. The van der Waals surface area contributed by atoms with E-state index in [9.17, 15) is 0 Å². The highest BCUT2D eigenvalue weighted by atomic mass is 32.1. The standard InChI is InChI=1S/C47H41BN2S/c1-28-24-39-42-40(25-28)50-43-33(45-44(50)32-16-11-12-19-41(32)51-45)17-13-18-36(43)48(42)35-22-20-31(47(5,6)7)27-38(35)49(39)37-23-21-30(46(2,3)4)26-34(37)29-14-9-8-10-15-29/h8-27H,1-7H3. The van der Waals surface area contributed by atoms with Crippen molar-refractivity contribution in [1.82, 2.24) is 4.57 Å². The number of aromatic nitrogens is 1. The van der Waals surface area contributed by atoms with Crippen LogP contribution < -0.4 is 21.3 Å². The number of para-hydroxylation sites is 1. The van der Waals surface area contributed by atoms with Crippen LogP contribution in [-0.2, 0) is 10.8 Å². The van der Waals surface area contributed by atoms with E-state index in [0.29, 0.717) is 0 Å². The van der Waals surface area contributed by atoms with Gasteiger partial charge in [-0.1, -0.05) is 126 Å². The molecule has 0 bridgehead atoms. The zero-order chi connectivity index (χ0) is 35.0. The molecule has 0 N–H and O–H groups in total. The van der Waals surface area contributed by atoms with Crippen molar-refractivity contribution in [3.63, 3.8) is 0 Å². The molecule has 0 atom stereocenters. The third-order valence-electron chi connectivity index (χ3n) is 11.3. The summed E-state index contributed by atoms with van der Waals surface area (Å²) in [5.41, 5.74) is 18.4. The molecule has 0 aliphatic carbocycles. The Kier molecular flexibility index (Phi) is 6.33. The van der Waals surface area contributed by atoms with E-state index in [2.05, 4.69) is 179 Å². The molecule has 0 saturated heterocycles. The van der Waals surface area contributed by atoms with E-state index in [4.69, 9.17) is 0 Å². The lowest BCUT2D eigenvalue weighted by Gasteiger charge is -2.42. The molecule has 0 spiro atoms. The zero-order valence-electron chi connectivity index (χ0n) is 30.4. The predicted octanol–water partition coefficient (Wildman–Crippen LogP) is 11.2. The average molecular weight is 677 g/mol. The molecule has 0 amide bonds. The van der Waals surface area contributed by atoms with E-state index in [0.717, 1.165) is 0 Å². The molecule has 248 valence electrons. The Hall–Kier alpha value is -5.06. The van der Waals surface area contributed by atoms with Crippen LogP contribution in [0, 0.1) is 6.92 Å². The number of rotatable bonds is 2. The van der Waals surface area contributed by atoms with Gasteiger partial charge in [-0.25, -0.2) is 0 Å². The number of fused-ring (bicyclic) bond motifs is 9. The number of hydrogen-bond acceptors (Lipinski definition) is 2. The molecule has 2 aliphatic rings. The van der Waals surface area contributed by atoms with Crippen molar-refractivity contribution in [2.45, 2.75) is 59.3 Å². The Labute approximate surface area is 305 Å². The SMILES string of the molecule is Cc1cc2c3c(c1)-n1c4c(cccc4c4sc5ccccc5c41)B3c1ccc(C(C)(C)C)cc1N2c1ccc(C(C)(C)C)cc1-c1ccccc1. The molecule has 0 saturated carbocycles. The topological polar surface area (TPSA) is 8.17 Å². The van der Waals surface area contributed by atoms with E-state index < -0.39 is 0 Å². The number of benzene rings is 6. The van der Waals surface area contributed by atoms with Gasteiger partial charge in [0.2, 0.25) is 0 Å². The minimum Gasteiger partial charge on any atom is -0.311 e. The number of aryl methyl sites for hydroxylation is 1. The van der Waals surface area contributed by atoms with Crippen molar-refractivity contribution < 1.29 is 0 Å². The van der Waals surface area contributed by atoms with Crippen LogP contribution in [0.2, 0.25) is 0 Å². The predicted molar refractivity (Wildman–Crippen MR) is 223 cm³/mol. The summed E-state index contributed by atoms with van der Waals surface area (Å²) in [5, 5.41) is 2.69. The Morgan fingerprint density at radius 1 is 0.549 bits per heavy atom. The van der Waals surface area contributed by atoms with E-state index in [-0.39, 0.29) is 17.5 Å². The highest BCUT2D eigenvalue weighted by molar-refractivity contribution is 7.26. The van der Waals surface area contributed by atoms with Gasteiger partial charge in [0.15, 0.2) is 0 Å². The molecule has 8 aromatic rings. The van der Waals surface area contributed by atoms with Gasteiger partial charge in [-0.3, -0.25) is 0 Å². The van der Waals surface area contributed by atoms with Gasteiger partial charge >= 0.3 is 0 Å². The van der Waals surface area contributed by atoms with Crippen LogP contribution in [0.4, 0.5) is 17.1 Å². The first-order valence-electron chi connectivity index (χ1n) is 18.2. The molecule has 4 heterocycles. The van der Waals surface area contributed by atoms with E-state index in [1.165, 1.54) is 98.2 Å². The highest BCUT2D eigenvalue weighted by Crippen LogP contribution is 2.48. The first-order valence-corrected chi connectivity index (χ1v) is 19.0. The molecule has 2 nitrogen and oxygen atoms in total. The smallest absolute Gasteiger partial charge is 0.252 e. The van der Waals surface area contributed by atoms with Gasteiger partial charge in [0.1, 0.15) is 0 Å². The van der Waals surface area contributed by atoms with Crippen LogP contribution in [0.1, 0.15) is 58.2 Å². The minimum absolute atomic E-state index is 0.00376. The fraction of sp³-hybridized carbons (Fsp3) is 0.191. The normalized spacial score (nSPS) is 13.7. The number of nitrogens with zero attached hydrogens (tertiary/aromatic N) is 2. The van der Waals surface area contributed by atoms with Crippen molar-refractivity contribution in [3.05, 3.63) is 138 Å². The molecule has 4 heteroatoms. The largest absolute Gasteiger partial charge is 0.311 e. The van der Waals surface area contributed by atoms with Gasteiger partial charge in [-0.2, -0.15) is 0 Å². The Morgan fingerprint density at radius 2 is 1.24 bits per heavy atom. The first kappa shape index (κ1) is 30.7. The van der Waals surface area contributed by atoms with Crippen LogP contribution in [0.3, 0.4) is 0 Å². The molecule has 0 unspecified atom stereocenters. The summed E-state index contributed by atoms with van der Waals surface area (Å²) in [4.78, 5) is 2.61. The maximum Gasteiger partial charge on any atom is 0.252 e. The van der Waals surface area contributed by atoms with Crippen LogP contribution in [0.25, 0.3) is 48.0 Å². The van der Waals surface area contributed by atoms with E-state index in [1.54, 1.807) is 0 Å². The summed E-state index contributed by atoms with van der Waals surface area (Å²) in [6.07, 6.45) is 0. The molecule has 2 aromatic heterocycles. The van der Waals surface area contributed by atoms with Crippen LogP contribution in [-0.4, -0.2) is 11.3 Å². The van der Waals surface area contributed by atoms with Crippen molar-refractivity contribution >= 4 is 82.7 Å². The number of thiophene rings is 1. The van der Waals surface area contributed by atoms with Crippen LogP contribution in [0.15, 0.2) is 121 Å². The Bertz CT molecular complexity index is 2730. The average Bonchev–Trinajstić information content (AvgIpc) is 3.65. The molecule has 2 aliphatic heterocycles. The maximum atomic E-state index is 2.62. The van der Waals surface area contributed by atoms with Gasteiger partial charge in [-0.05, 0) is 92.8 Å². The van der Waals surface area contributed by atoms with Gasteiger partial charge in [0.25, 0.3) is 6.71 Å². The second-order valence-electron chi connectivity index (χ2n) is 16.7. The second kappa shape index (κ2) is 10.5. The number of hydrogen-bond donors (Lipinski definition) is 0. The van der Waals surface area contributed by atoms with Crippen molar-refractivity contribution in [2.24, 2.45) is 0 Å². The fourth-order valence-electron chi connectivity index (χ4n) is 8.80. The summed E-state index contributed by atoms with van der Waals surface area (Å²) in [7, 11) is 0. The summed E-state index contributed by atoms with van der Waals surface area (Å²) in [6.45, 7) is 16.3. The maximum absolute atomic E-state index is 2.62. The Balaban J connectivity index is 1.36. The molecule has 51 heavy (non-hydrogen) atoms. The van der Waals surface area contributed by atoms with Crippen LogP contribution in [0.5, 0.6) is 0 Å². The third-order valence-corrected chi connectivity index (χ3v) is 12.5. The highest BCUT2D eigenvalue weighted by Gasteiger charge is 2.43. The second-order valence-corrected chi connectivity index (χ2v) is 17.8. The fourth-order valence-corrected chi connectivity index (χ4v) is 10.0. The molecule has 6 aromatic carbocycles. The third kappa shape index (κ3) is 4.36. The quantitative estimate of drug-likeness (QED) is 0.166.